The van der Waals surface area contributed by atoms with E-state index in [1.165, 1.54) is 0 Å². The summed E-state index contributed by atoms with van der Waals surface area (Å²) in [6.07, 6.45) is 9.00. The van der Waals surface area contributed by atoms with Crippen LogP contribution in [0.3, 0.4) is 0 Å². The van der Waals surface area contributed by atoms with Crippen LogP contribution >= 0.6 is 0 Å². The number of aryl methyl sites for hydroxylation is 2. The number of aromatic nitrogens is 4. The fourth-order valence-corrected chi connectivity index (χ4v) is 4.29. The van der Waals surface area contributed by atoms with Crippen molar-refractivity contribution in [2.45, 2.75) is 46.1 Å². The van der Waals surface area contributed by atoms with Crippen molar-refractivity contribution in [3.05, 3.63) is 41.9 Å². The molecule has 4 rings (SSSR count). The molecule has 142 valence electrons. The van der Waals surface area contributed by atoms with Gasteiger partial charge in [-0.15, -0.1) is 0 Å². The van der Waals surface area contributed by atoms with Gasteiger partial charge in [-0.25, -0.2) is 9.97 Å². The van der Waals surface area contributed by atoms with Gasteiger partial charge in [0.1, 0.15) is 12.1 Å². The minimum atomic E-state index is 0.128. The lowest BCUT2D eigenvalue weighted by atomic mass is 9.73. The molecular formula is C20H26N6O. The second kappa shape index (κ2) is 7.21. The molecule has 2 aliphatic heterocycles. The van der Waals surface area contributed by atoms with Gasteiger partial charge < -0.3 is 9.80 Å². The van der Waals surface area contributed by atoms with Crippen LogP contribution in [0, 0.1) is 19.3 Å². The van der Waals surface area contributed by atoms with Gasteiger partial charge >= 0.3 is 0 Å². The molecule has 1 spiro atoms. The molecule has 27 heavy (non-hydrogen) atoms. The Morgan fingerprint density at radius 1 is 1.04 bits per heavy atom. The van der Waals surface area contributed by atoms with Gasteiger partial charge in [0, 0.05) is 49.4 Å². The SMILES string of the molecule is Cc1cnc(CN2C[C@]3(CCCN(c4cc(C)ncn4)C3)CCC2=O)cn1. The molecule has 4 heterocycles. The molecule has 0 N–H and O–H groups in total. The van der Waals surface area contributed by atoms with E-state index >= 15 is 0 Å². The molecule has 2 aromatic heterocycles. The first kappa shape index (κ1) is 17.8. The number of carbonyl (C=O) groups excluding carboxylic acids is 1. The standard InChI is InChI=1S/C20H26N6O/c1-15-8-18(24-14-23-15)25-7-3-5-20(12-25)6-4-19(27)26(13-20)11-17-10-21-16(2)9-22-17/h8-10,14H,3-7,11-13H2,1-2H3/t20-/m1/s1. The predicted octanol–water partition coefficient (Wildman–Crippen LogP) is 2.29. The molecule has 0 aromatic carbocycles. The minimum absolute atomic E-state index is 0.128. The van der Waals surface area contributed by atoms with E-state index in [1.54, 1.807) is 18.7 Å². The molecule has 0 aliphatic carbocycles. The van der Waals surface area contributed by atoms with E-state index in [9.17, 15) is 4.79 Å². The summed E-state index contributed by atoms with van der Waals surface area (Å²) >= 11 is 0. The number of amides is 1. The van der Waals surface area contributed by atoms with Gasteiger partial charge in [-0.2, -0.15) is 0 Å². The highest BCUT2D eigenvalue weighted by Crippen LogP contribution is 2.40. The summed E-state index contributed by atoms with van der Waals surface area (Å²) in [5, 5.41) is 0. The lowest BCUT2D eigenvalue weighted by Crippen LogP contribution is -2.54. The molecule has 0 bridgehead atoms. The Kier molecular flexibility index (Phi) is 4.76. The van der Waals surface area contributed by atoms with Crippen molar-refractivity contribution >= 4 is 11.7 Å². The number of hydrogen-bond acceptors (Lipinski definition) is 6. The maximum Gasteiger partial charge on any atom is 0.222 e. The van der Waals surface area contributed by atoms with Crippen LogP contribution in [0.1, 0.15) is 42.8 Å². The molecule has 0 unspecified atom stereocenters. The smallest absolute Gasteiger partial charge is 0.222 e. The predicted molar refractivity (Wildman–Crippen MR) is 102 cm³/mol. The first-order chi connectivity index (χ1) is 13.0. The molecule has 0 radical (unpaired) electrons. The van der Waals surface area contributed by atoms with Gasteiger partial charge in [0.05, 0.1) is 24.1 Å². The van der Waals surface area contributed by atoms with Gasteiger partial charge in [-0.1, -0.05) is 0 Å². The summed E-state index contributed by atoms with van der Waals surface area (Å²) in [6.45, 7) is 7.18. The number of piperidine rings is 2. The van der Waals surface area contributed by atoms with E-state index in [1.807, 2.05) is 24.8 Å². The first-order valence-corrected chi connectivity index (χ1v) is 9.62. The highest BCUT2D eigenvalue weighted by atomic mass is 16.2. The van der Waals surface area contributed by atoms with Gasteiger partial charge in [-0.3, -0.25) is 14.8 Å². The summed E-state index contributed by atoms with van der Waals surface area (Å²) in [5.41, 5.74) is 2.86. The van der Waals surface area contributed by atoms with E-state index in [4.69, 9.17) is 0 Å². The second-order valence-electron chi connectivity index (χ2n) is 7.94. The zero-order chi connectivity index (χ0) is 18.9. The van der Waals surface area contributed by atoms with Crippen LogP contribution in [0.25, 0.3) is 0 Å². The molecule has 2 aromatic rings. The first-order valence-electron chi connectivity index (χ1n) is 9.62. The number of hydrogen-bond donors (Lipinski definition) is 0. The van der Waals surface area contributed by atoms with Crippen molar-refractivity contribution in [1.29, 1.82) is 0 Å². The highest BCUT2D eigenvalue weighted by molar-refractivity contribution is 5.77. The lowest BCUT2D eigenvalue weighted by molar-refractivity contribution is -0.138. The Morgan fingerprint density at radius 2 is 1.93 bits per heavy atom. The largest absolute Gasteiger partial charge is 0.356 e. The topological polar surface area (TPSA) is 75.1 Å². The average molecular weight is 366 g/mol. The van der Waals surface area contributed by atoms with Crippen LogP contribution in [-0.4, -0.2) is 50.4 Å². The Morgan fingerprint density at radius 3 is 2.70 bits per heavy atom. The van der Waals surface area contributed by atoms with Gasteiger partial charge in [0.15, 0.2) is 0 Å². The maximum atomic E-state index is 12.5. The normalized spacial score (nSPS) is 23.1. The van der Waals surface area contributed by atoms with Gasteiger partial charge in [0.25, 0.3) is 0 Å². The van der Waals surface area contributed by atoms with E-state index < -0.39 is 0 Å². The van der Waals surface area contributed by atoms with Crippen molar-refractivity contribution in [3.8, 4) is 0 Å². The molecule has 7 nitrogen and oxygen atoms in total. The van der Waals surface area contributed by atoms with E-state index in [-0.39, 0.29) is 11.3 Å². The summed E-state index contributed by atoms with van der Waals surface area (Å²) in [4.78, 5) is 34.3. The van der Waals surface area contributed by atoms with E-state index in [0.717, 1.165) is 61.8 Å². The molecule has 1 amide bonds. The van der Waals surface area contributed by atoms with Crippen LogP contribution in [0.2, 0.25) is 0 Å². The molecule has 0 saturated carbocycles. The Labute approximate surface area is 159 Å². The average Bonchev–Trinajstić information content (AvgIpc) is 2.67. The molecular weight excluding hydrogens is 340 g/mol. The fraction of sp³-hybridized carbons (Fsp3) is 0.550. The second-order valence-corrected chi connectivity index (χ2v) is 7.94. The molecule has 2 saturated heterocycles. The van der Waals surface area contributed by atoms with E-state index in [2.05, 4.69) is 24.8 Å². The number of carbonyl (C=O) groups is 1. The zero-order valence-electron chi connectivity index (χ0n) is 16.1. The van der Waals surface area contributed by atoms with Crippen molar-refractivity contribution in [1.82, 2.24) is 24.8 Å². The molecule has 2 fully saturated rings. The maximum absolute atomic E-state index is 12.5. The van der Waals surface area contributed by atoms with Crippen molar-refractivity contribution < 1.29 is 4.79 Å². The third-order valence-electron chi connectivity index (χ3n) is 5.71. The molecule has 2 aliphatic rings. The highest BCUT2D eigenvalue weighted by Gasteiger charge is 2.42. The third kappa shape index (κ3) is 3.91. The van der Waals surface area contributed by atoms with Crippen molar-refractivity contribution in [2.24, 2.45) is 5.41 Å². The quantitative estimate of drug-likeness (QED) is 0.830. The number of anilines is 1. The number of likely N-dealkylation sites (tertiary alicyclic amines) is 1. The summed E-state index contributed by atoms with van der Waals surface area (Å²) < 4.78 is 0. The summed E-state index contributed by atoms with van der Waals surface area (Å²) in [6, 6.07) is 2.05. The van der Waals surface area contributed by atoms with E-state index in [0.29, 0.717) is 13.0 Å². The third-order valence-corrected chi connectivity index (χ3v) is 5.71. The number of nitrogens with zero attached hydrogens (tertiary/aromatic N) is 6. The monoisotopic (exact) mass is 366 g/mol. The van der Waals surface area contributed by atoms with Crippen LogP contribution in [-0.2, 0) is 11.3 Å². The molecule has 7 heteroatoms. The summed E-state index contributed by atoms with van der Waals surface area (Å²) in [7, 11) is 0. The fourth-order valence-electron chi connectivity index (χ4n) is 4.29. The van der Waals surface area contributed by atoms with Gasteiger partial charge in [0.2, 0.25) is 5.91 Å². The minimum Gasteiger partial charge on any atom is -0.356 e. The Hall–Kier alpha value is -2.57. The van der Waals surface area contributed by atoms with Crippen molar-refractivity contribution in [2.75, 3.05) is 24.5 Å². The van der Waals surface area contributed by atoms with Crippen molar-refractivity contribution in [3.63, 3.8) is 0 Å². The van der Waals surface area contributed by atoms with Crippen LogP contribution in [0.4, 0.5) is 5.82 Å². The van der Waals surface area contributed by atoms with Gasteiger partial charge in [-0.05, 0) is 33.1 Å². The van der Waals surface area contributed by atoms with Crippen LogP contribution in [0.15, 0.2) is 24.8 Å². The Bertz CT molecular complexity index is 823. The molecule has 1 atom stereocenters. The lowest BCUT2D eigenvalue weighted by Gasteiger charge is -2.48. The van der Waals surface area contributed by atoms with Crippen LogP contribution in [0.5, 0.6) is 0 Å². The number of rotatable bonds is 3. The Balaban J connectivity index is 1.50. The zero-order valence-corrected chi connectivity index (χ0v) is 16.1. The van der Waals surface area contributed by atoms with Crippen LogP contribution < -0.4 is 4.90 Å². The summed E-state index contributed by atoms with van der Waals surface area (Å²) in [5.74, 6) is 1.22.